The van der Waals surface area contributed by atoms with Gasteiger partial charge in [0.2, 0.25) is 0 Å². The predicted molar refractivity (Wildman–Crippen MR) is 61.2 cm³/mol. The SMILES string of the molecule is CCN(C)Cc1cc(Cl)ccc1Br. The highest BCUT2D eigenvalue weighted by molar-refractivity contribution is 9.10. The van der Waals surface area contributed by atoms with Gasteiger partial charge in [0.15, 0.2) is 0 Å². The molecule has 0 aromatic heterocycles. The zero-order chi connectivity index (χ0) is 9.84. The van der Waals surface area contributed by atoms with Crippen molar-refractivity contribution < 1.29 is 0 Å². The lowest BCUT2D eigenvalue weighted by Gasteiger charge is -2.14. The Kier molecular flexibility index (Phi) is 4.23. The molecule has 0 aliphatic rings. The van der Waals surface area contributed by atoms with Gasteiger partial charge in [0.1, 0.15) is 0 Å². The largest absolute Gasteiger partial charge is 0.302 e. The average Bonchev–Trinajstić information content (AvgIpc) is 2.11. The van der Waals surface area contributed by atoms with Crippen LogP contribution >= 0.6 is 27.5 Å². The van der Waals surface area contributed by atoms with Crippen LogP contribution in [0.3, 0.4) is 0 Å². The lowest BCUT2D eigenvalue weighted by atomic mass is 10.2. The summed E-state index contributed by atoms with van der Waals surface area (Å²) in [6.07, 6.45) is 0. The molecule has 0 unspecified atom stereocenters. The summed E-state index contributed by atoms with van der Waals surface area (Å²) in [4.78, 5) is 2.23. The molecule has 0 aliphatic carbocycles. The standard InChI is InChI=1S/C10H13BrClN/c1-3-13(2)7-8-6-9(12)4-5-10(8)11/h4-6H,3,7H2,1-2H3. The van der Waals surface area contributed by atoms with Gasteiger partial charge in [-0.3, -0.25) is 0 Å². The summed E-state index contributed by atoms with van der Waals surface area (Å²) >= 11 is 9.41. The van der Waals surface area contributed by atoms with E-state index >= 15 is 0 Å². The summed E-state index contributed by atoms with van der Waals surface area (Å²) in [5.74, 6) is 0. The molecule has 0 radical (unpaired) electrons. The topological polar surface area (TPSA) is 3.24 Å². The molecule has 1 aromatic carbocycles. The van der Waals surface area contributed by atoms with Gasteiger partial charge in [0.25, 0.3) is 0 Å². The molecular formula is C10H13BrClN. The Morgan fingerprint density at radius 1 is 1.46 bits per heavy atom. The Bertz CT molecular complexity index is 288. The Balaban J connectivity index is 2.81. The minimum Gasteiger partial charge on any atom is -0.302 e. The van der Waals surface area contributed by atoms with Crippen LogP contribution in [0.1, 0.15) is 12.5 Å². The molecule has 1 rings (SSSR count). The Hall–Kier alpha value is -0.0500. The molecule has 0 aliphatic heterocycles. The normalized spacial score (nSPS) is 10.8. The monoisotopic (exact) mass is 261 g/mol. The van der Waals surface area contributed by atoms with E-state index in [0.717, 1.165) is 22.6 Å². The van der Waals surface area contributed by atoms with Gasteiger partial charge in [-0.1, -0.05) is 34.5 Å². The van der Waals surface area contributed by atoms with Crippen LogP contribution in [0.2, 0.25) is 5.02 Å². The number of rotatable bonds is 3. The third-order valence-electron chi connectivity index (χ3n) is 1.99. The fraction of sp³-hybridized carbons (Fsp3) is 0.400. The Morgan fingerprint density at radius 2 is 2.15 bits per heavy atom. The molecule has 1 nitrogen and oxygen atoms in total. The van der Waals surface area contributed by atoms with Crippen LogP contribution in [-0.4, -0.2) is 18.5 Å². The van der Waals surface area contributed by atoms with E-state index in [1.807, 2.05) is 18.2 Å². The van der Waals surface area contributed by atoms with Crippen LogP contribution in [0, 0.1) is 0 Å². The molecule has 3 heteroatoms. The smallest absolute Gasteiger partial charge is 0.0410 e. The number of nitrogens with zero attached hydrogens (tertiary/aromatic N) is 1. The van der Waals surface area contributed by atoms with Gasteiger partial charge in [-0.25, -0.2) is 0 Å². The first kappa shape index (κ1) is 11.0. The fourth-order valence-corrected chi connectivity index (χ4v) is 1.63. The molecule has 0 fully saturated rings. The van der Waals surface area contributed by atoms with Crippen molar-refractivity contribution >= 4 is 27.5 Å². The zero-order valence-electron chi connectivity index (χ0n) is 7.85. The highest BCUT2D eigenvalue weighted by Gasteiger charge is 2.02. The second-order valence-corrected chi connectivity index (χ2v) is 4.36. The van der Waals surface area contributed by atoms with Gasteiger partial charge in [-0.05, 0) is 37.4 Å². The van der Waals surface area contributed by atoms with Crippen LogP contribution in [0.25, 0.3) is 0 Å². The summed E-state index contributed by atoms with van der Waals surface area (Å²) in [5.41, 5.74) is 1.23. The van der Waals surface area contributed by atoms with Gasteiger partial charge >= 0.3 is 0 Å². The van der Waals surface area contributed by atoms with E-state index in [1.165, 1.54) is 5.56 Å². The van der Waals surface area contributed by atoms with Crippen molar-refractivity contribution in [2.45, 2.75) is 13.5 Å². The van der Waals surface area contributed by atoms with Gasteiger partial charge < -0.3 is 4.90 Å². The van der Waals surface area contributed by atoms with E-state index in [2.05, 4.69) is 34.8 Å². The summed E-state index contributed by atoms with van der Waals surface area (Å²) < 4.78 is 1.12. The molecule has 72 valence electrons. The number of hydrogen-bond acceptors (Lipinski definition) is 1. The van der Waals surface area contributed by atoms with Crippen LogP contribution in [0.4, 0.5) is 0 Å². The van der Waals surface area contributed by atoms with Crippen molar-refractivity contribution in [2.75, 3.05) is 13.6 Å². The van der Waals surface area contributed by atoms with Gasteiger partial charge in [0.05, 0.1) is 0 Å². The molecule has 0 saturated heterocycles. The van der Waals surface area contributed by atoms with Crippen molar-refractivity contribution in [1.29, 1.82) is 0 Å². The quantitative estimate of drug-likeness (QED) is 0.805. The zero-order valence-corrected chi connectivity index (χ0v) is 10.2. The Labute approximate surface area is 92.8 Å². The van der Waals surface area contributed by atoms with Crippen molar-refractivity contribution in [3.63, 3.8) is 0 Å². The maximum absolute atomic E-state index is 5.90. The second kappa shape index (κ2) is 4.99. The number of hydrogen-bond donors (Lipinski definition) is 0. The summed E-state index contributed by atoms with van der Waals surface area (Å²) in [5, 5.41) is 0.794. The lowest BCUT2D eigenvalue weighted by molar-refractivity contribution is 0.345. The molecule has 0 heterocycles. The van der Waals surface area contributed by atoms with Crippen LogP contribution in [-0.2, 0) is 6.54 Å². The van der Waals surface area contributed by atoms with Crippen molar-refractivity contribution in [1.82, 2.24) is 4.90 Å². The van der Waals surface area contributed by atoms with Crippen molar-refractivity contribution in [2.24, 2.45) is 0 Å². The number of benzene rings is 1. The molecule has 0 spiro atoms. The maximum atomic E-state index is 5.90. The fourth-order valence-electron chi connectivity index (χ4n) is 1.07. The molecule has 0 amide bonds. The summed E-state index contributed by atoms with van der Waals surface area (Å²) in [6.45, 7) is 4.11. The van der Waals surface area contributed by atoms with E-state index in [1.54, 1.807) is 0 Å². The van der Waals surface area contributed by atoms with Gasteiger partial charge in [-0.2, -0.15) is 0 Å². The number of halogens is 2. The average molecular weight is 263 g/mol. The third kappa shape index (κ3) is 3.29. The van der Waals surface area contributed by atoms with E-state index in [4.69, 9.17) is 11.6 Å². The molecule has 13 heavy (non-hydrogen) atoms. The molecular weight excluding hydrogens is 249 g/mol. The molecule has 0 N–H and O–H groups in total. The predicted octanol–water partition coefficient (Wildman–Crippen LogP) is 3.55. The minimum absolute atomic E-state index is 0.794. The van der Waals surface area contributed by atoms with Crippen molar-refractivity contribution in [3.05, 3.63) is 33.3 Å². The maximum Gasteiger partial charge on any atom is 0.0410 e. The summed E-state index contributed by atoms with van der Waals surface area (Å²) in [7, 11) is 2.09. The van der Waals surface area contributed by atoms with E-state index in [-0.39, 0.29) is 0 Å². The molecule has 1 aromatic rings. The molecule has 0 atom stereocenters. The molecule has 0 bridgehead atoms. The first-order valence-corrected chi connectivity index (χ1v) is 5.43. The lowest BCUT2D eigenvalue weighted by Crippen LogP contribution is -2.16. The van der Waals surface area contributed by atoms with Gasteiger partial charge in [-0.15, -0.1) is 0 Å². The summed E-state index contributed by atoms with van der Waals surface area (Å²) in [6, 6.07) is 5.88. The highest BCUT2D eigenvalue weighted by Crippen LogP contribution is 2.22. The third-order valence-corrected chi connectivity index (χ3v) is 3.00. The van der Waals surface area contributed by atoms with E-state index in [9.17, 15) is 0 Å². The molecule has 0 saturated carbocycles. The van der Waals surface area contributed by atoms with E-state index in [0.29, 0.717) is 0 Å². The Morgan fingerprint density at radius 3 is 2.77 bits per heavy atom. The highest BCUT2D eigenvalue weighted by atomic mass is 79.9. The van der Waals surface area contributed by atoms with Crippen LogP contribution in [0.15, 0.2) is 22.7 Å². The minimum atomic E-state index is 0.794. The van der Waals surface area contributed by atoms with E-state index < -0.39 is 0 Å². The first-order chi connectivity index (χ1) is 6.13. The van der Waals surface area contributed by atoms with Crippen molar-refractivity contribution in [3.8, 4) is 0 Å². The van der Waals surface area contributed by atoms with Crippen LogP contribution in [0.5, 0.6) is 0 Å². The first-order valence-electron chi connectivity index (χ1n) is 4.26. The van der Waals surface area contributed by atoms with Crippen LogP contribution < -0.4 is 0 Å². The second-order valence-electron chi connectivity index (χ2n) is 3.07. The van der Waals surface area contributed by atoms with Gasteiger partial charge in [0, 0.05) is 16.0 Å².